The van der Waals surface area contributed by atoms with Gasteiger partial charge in [-0.1, -0.05) is 66.7 Å². The predicted octanol–water partition coefficient (Wildman–Crippen LogP) is 4.27. The molecule has 1 aromatic heterocycles. The molecule has 0 aliphatic heterocycles. The molecule has 128 valence electrons. The molecule has 3 aromatic rings. The van der Waals surface area contributed by atoms with Crippen LogP contribution in [0, 0.1) is 0 Å². The summed E-state index contributed by atoms with van der Waals surface area (Å²) in [4.78, 5) is 4.03. The summed E-state index contributed by atoms with van der Waals surface area (Å²) in [7, 11) is -3.42. The molecule has 1 atom stereocenters. The smallest absolute Gasteiger partial charge is 0.196 e. The van der Waals surface area contributed by atoms with Gasteiger partial charge in [-0.2, -0.15) is 0 Å². The summed E-state index contributed by atoms with van der Waals surface area (Å²) in [6, 6.07) is 25.0. The quantitative estimate of drug-likeness (QED) is 0.638. The zero-order valence-electron chi connectivity index (χ0n) is 14.0. The lowest BCUT2D eigenvalue weighted by Gasteiger charge is -2.17. The van der Waals surface area contributed by atoms with Crippen LogP contribution < -0.4 is 0 Å². The molecular formula is C21H21NO2S. The van der Waals surface area contributed by atoms with E-state index in [9.17, 15) is 8.42 Å². The molecule has 25 heavy (non-hydrogen) atoms. The van der Waals surface area contributed by atoms with Crippen LogP contribution in [0.25, 0.3) is 0 Å². The van der Waals surface area contributed by atoms with Gasteiger partial charge in [0.1, 0.15) is 0 Å². The van der Waals surface area contributed by atoms with Crippen molar-refractivity contribution in [3.63, 3.8) is 0 Å². The van der Waals surface area contributed by atoms with Crippen LogP contribution in [0.1, 0.15) is 23.5 Å². The summed E-state index contributed by atoms with van der Waals surface area (Å²) in [5, 5.41) is 0.149. The van der Waals surface area contributed by atoms with Gasteiger partial charge in [0.2, 0.25) is 0 Å². The number of aromatic nitrogens is 1. The summed E-state index contributed by atoms with van der Waals surface area (Å²) >= 11 is 0. The SMILES string of the molecule is O=S(=O)(C[C@H](CCc1ccccc1)c1ccccc1)c1ccccn1. The van der Waals surface area contributed by atoms with Crippen molar-refractivity contribution in [1.82, 2.24) is 4.98 Å². The van der Waals surface area contributed by atoms with Crippen LogP contribution in [0.15, 0.2) is 90.1 Å². The molecule has 0 spiro atoms. The van der Waals surface area contributed by atoms with Crippen molar-refractivity contribution in [3.05, 3.63) is 96.2 Å². The average Bonchev–Trinajstić information content (AvgIpc) is 2.67. The van der Waals surface area contributed by atoms with E-state index in [0.717, 1.165) is 18.4 Å². The number of nitrogens with zero attached hydrogens (tertiary/aromatic N) is 1. The van der Waals surface area contributed by atoms with Crippen molar-refractivity contribution in [2.24, 2.45) is 0 Å². The first-order chi connectivity index (χ1) is 12.1. The second-order valence-electron chi connectivity index (χ2n) is 6.08. The van der Waals surface area contributed by atoms with Crippen LogP contribution >= 0.6 is 0 Å². The Balaban J connectivity index is 1.82. The highest BCUT2D eigenvalue weighted by Gasteiger charge is 2.23. The molecular weight excluding hydrogens is 330 g/mol. The van der Waals surface area contributed by atoms with E-state index in [1.807, 2.05) is 48.5 Å². The summed E-state index contributed by atoms with van der Waals surface area (Å²) in [6.45, 7) is 0. The van der Waals surface area contributed by atoms with Crippen LogP contribution in [0.4, 0.5) is 0 Å². The highest BCUT2D eigenvalue weighted by atomic mass is 32.2. The summed E-state index contributed by atoms with van der Waals surface area (Å²) in [5.41, 5.74) is 2.27. The Labute approximate surface area is 149 Å². The third-order valence-electron chi connectivity index (χ3n) is 4.27. The molecule has 2 aromatic carbocycles. The molecule has 1 heterocycles. The van der Waals surface area contributed by atoms with Crippen molar-refractivity contribution >= 4 is 9.84 Å². The maximum absolute atomic E-state index is 12.8. The Kier molecular flexibility index (Phi) is 5.61. The van der Waals surface area contributed by atoms with E-state index in [1.54, 1.807) is 18.2 Å². The molecule has 3 nitrogen and oxygen atoms in total. The molecule has 0 aliphatic carbocycles. The second-order valence-corrected chi connectivity index (χ2v) is 8.06. The van der Waals surface area contributed by atoms with Crippen LogP contribution in [0.2, 0.25) is 0 Å². The van der Waals surface area contributed by atoms with Crippen molar-refractivity contribution in [1.29, 1.82) is 0 Å². The van der Waals surface area contributed by atoms with Crippen LogP contribution in [-0.2, 0) is 16.3 Å². The number of rotatable bonds is 7. The van der Waals surface area contributed by atoms with Gasteiger partial charge in [0.05, 0.1) is 5.75 Å². The fourth-order valence-electron chi connectivity index (χ4n) is 2.94. The van der Waals surface area contributed by atoms with Gasteiger partial charge in [-0.05, 0) is 42.0 Å². The fourth-order valence-corrected chi connectivity index (χ4v) is 4.51. The lowest BCUT2D eigenvalue weighted by Crippen LogP contribution is -2.17. The number of hydrogen-bond donors (Lipinski definition) is 0. The van der Waals surface area contributed by atoms with Gasteiger partial charge in [0.15, 0.2) is 14.9 Å². The molecule has 0 radical (unpaired) electrons. The number of sulfone groups is 1. The van der Waals surface area contributed by atoms with E-state index in [0.29, 0.717) is 0 Å². The van der Waals surface area contributed by atoms with E-state index < -0.39 is 9.84 Å². The molecule has 0 fully saturated rings. The highest BCUT2D eigenvalue weighted by molar-refractivity contribution is 7.91. The maximum atomic E-state index is 12.8. The number of hydrogen-bond acceptors (Lipinski definition) is 3. The average molecular weight is 351 g/mol. The van der Waals surface area contributed by atoms with Gasteiger partial charge in [0.25, 0.3) is 0 Å². The monoisotopic (exact) mass is 351 g/mol. The van der Waals surface area contributed by atoms with E-state index in [4.69, 9.17) is 0 Å². The topological polar surface area (TPSA) is 47.0 Å². The third-order valence-corrected chi connectivity index (χ3v) is 5.99. The van der Waals surface area contributed by atoms with Gasteiger partial charge in [-0.15, -0.1) is 0 Å². The normalized spacial score (nSPS) is 12.6. The Morgan fingerprint density at radius 1 is 0.800 bits per heavy atom. The Bertz CT molecular complexity index is 879. The Morgan fingerprint density at radius 3 is 2.08 bits per heavy atom. The van der Waals surface area contributed by atoms with Crippen molar-refractivity contribution in [2.45, 2.75) is 23.8 Å². The molecule has 0 saturated heterocycles. The second kappa shape index (κ2) is 8.08. The highest BCUT2D eigenvalue weighted by Crippen LogP contribution is 2.26. The van der Waals surface area contributed by atoms with Gasteiger partial charge in [-0.25, -0.2) is 13.4 Å². The molecule has 3 rings (SSSR count). The molecule has 0 N–H and O–H groups in total. The molecule has 0 saturated carbocycles. The zero-order chi connectivity index (χ0) is 17.5. The lowest BCUT2D eigenvalue weighted by atomic mass is 9.94. The van der Waals surface area contributed by atoms with Gasteiger partial charge in [-0.3, -0.25) is 0 Å². The van der Waals surface area contributed by atoms with E-state index >= 15 is 0 Å². The summed E-state index contributed by atoms with van der Waals surface area (Å²) in [5.74, 6) is 0.00864. The minimum Gasteiger partial charge on any atom is -0.245 e. The van der Waals surface area contributed by atoms with Crippen LogP contribution in [0.5, 0.6) is 0 Å². The Hall–Kier alpha value is -2.46. The first-order valence-corrected chi connectivity index (χ1v) is 10.0. The molecule has 0 bridgehead atoms. The lowest BCUT2D eigenvalue weighted by molar-refractivity contribution is 0.577. The van der Waals surface area contributed by atoms with Crippen LogP contribution in [0.3, 0.4) is 0 Å². The van der Waals surface area contributed by atoms with Gasteiger partial charge >= 0.3 is 0 Å². The zero-order valence-corrected chi connectivity index (χ0v) is 14.8. The Morgan fingerprint density at radius 2 is 1.44 bits per heavy atom. The number of pyridine rings is 1. The fraction of sp³-hybridized carbons (Fsp3) is 0.190. The number of aryl methyl sites for hydroxylation is 1. The van der Waals surface area contributed by atoms with Crippen molar-refractivity contribution < 1.29 is 8.42 Å². The summed E-state index contributed by atoms with van der Waals surface area (Å²) in [6.07, 6.45) is 3.15. The molecule has 0 amide bonds. The standard InChI is InChI=1S/C21H21NO2S/c23-25(24,21-13-7-8-16-22-21)17-20(19-11-5-2-6-12-19)15-14-18-9-3-1-4-10-18/h1-13,16,20H,14-15,17H2/t20-/m0/s1. The molecule has 0 unspecified atom stereocenters. The first kappa shape index (κ1) is 17.4. The van der Waals surface area contributed by atoms with E-state index in [-0.39, 0.29) is 16.7 Å². The predicted molar refractivity (Wildman–Crippen MR) is 100 cm³/mol. The van der Waals surface area contributed by atoms with Crippen molar-refractivity contribution in [2.75, 3.05) is 5.75 Å². The van der Waals surface area contributed by atoms with Crippen LogP contribution in [-0.4, -0.2) is 19.2 Å². The number of benzene rings is 2. The first-order valence-electron chi connectivity index (χ1n) is 8.38. The largest absolute Gasteiger partial charge is 0.245 e. The molecule has 0 aliphatic rings. The molecule has 4 heteroatoms. The third kappa shape index (κ3) is 4.77. The summed E-state index contributed by atoms with van der Waals surface area (Å²) < 4.78 is 25.5. The maximum Gasteiger partial charge on any atom is 0.196 e. The minimum absolute atomic E-state index is 0.0617. The van der Waals surface area contributed by atoms with Crippen molar-refractivity contribution in [3.8, 4) is 0 Å². The van der Waals surface area contributed by atoms with E-state index in [1.165, 1.54) is 11.8 Å². The van der Waals surface area contributed by atoms with E-state index in [2.05, 4.69) is 17.1 Å². The minimum atomic E-state index is -3.42. The van der Waals surface area contributed by atoms with Gasteiger partial charge < -0.3 is 0 Å². The van der Waals surface area contributed by atoms with Gasteiger partial charge in [0, 0.05) is 6.20 Å².